The fourth-order valence-corrected chi connectivity index (χ4v) is 3.65. The highest BCUT2D eigenvalue weighted by Gasteiger charge is 2.42. The van der Waals surface area contributed by atoms with Crippen molar-refractivity contribution in [3.8, 4) is 0 Å². The first-order valence-electron chi connectivity index (χ1n) is 9.24. The summed E-state index contributed by atoms with van der Waals surface area (Å²) in [5.74, 6) is 1.03. The molecule has 1 fully saturated rings. The van der Waals surface area contributed by atoms with Gasteiger partial charge in [0.15, 0.2) is 0 Å². The lowest BCUT2D eigenvalue weighted by Gasteiger charge is -2.42. The van der Waals surface area contributed by atoms with Crippen molar-refractivity contribution in [3.05, 3.63) is 48.2 Å². The van der Waals surface area contributed by atoms with Crippen LogP contribution in [0.3, 0.4) is 0 Å². The zero-order valence-electron chi connectivity index (χ0n) is 16.0. The Morgan fingerprint density at radius 3 is 2.46 bits per heavy atom. The smallest absolute Gasteiger partial charge is 0.247 e. The first-order valence-corrected chi connectivity index (χ1v) is 9.24. The summed E-state index contributed by atoms with van der Waals surface area (Å²) in [6.07, 6.45) is 4.39. The van der Waals surface area contributed by atoms with Crippen LogP contribution in [0.5, 0.6) is 0 Å². The third kappa shape index (κ3) is 4.07. The molecule has 1 N–H and O–H groups in total. The number of likely N-dealkylation sites (N-methyl/N-ethyl adjacent to an activating group) is 1. The Kier molecular flexibility index (Phi) is 5.61. The lowest BCUT2D eigenvalue weighted by atomic mass is 9.85. The van der Waals surface area contributed by atoms with E-state index in [-0.39, 0.29) is 5.91 Å². The minimum Gasteiger partial charge on any atom is -0.356 e. The van der Waals surface area contributed by atoms with Gasteiger partial charge in [-0.1, -0.05) is 30.3 Å². The third-order valence-electron chi connectivity index (χ3n) is 5.27. The number of hydrogen-bond acceptors (Lipinski definition) is 4. The zero-order valence-corrected chi connectivity index (χ0v) is 16.0. The number of benzene rings is 1. The number of aryl methyl sites for hydroxylation is 1. The first kappa shape index (κ1) is 18.5. The van der Waals surface area contributed by atoms with E-state index in [4.69, 9.17) is 0 Å². The number of nitrogens with zero attached hydrogens (tertiary/aromatic N) is 4. The molecule has 3 rings (SSSR count). The molecular weight excluding hydrogens is 326 g/mol. The molecule has 0 aliphatic carbocycles. The van der Waals surface area contributed by atoms with Gasteiger partial charge in [-0.3, -0.25) is 9.48 Å². The Bertz CT molecular complexity index is 717. The van der Waals surface area contributed by atoms with Crippen molar-refractivity contribution in [2.75, 3.05) is 39.0 Å². The van der Waals surface area contributed by atoms with E-state index in [0.717, 1.165) is 44.7 Å². The molecule has 26 heavy (non-hydrogen) atoms. The molecule has 0 radical (unpaired) electrons. The molecule has 1 aliphatic heterocycles. The second-order valence-corrected chi connectivity index (χ2v) is 7.32. The van der Waals surface area contributed by atoms with E-state index < -0.39 is 5.54 Å². The minimum absolute atomic E-state index is 0.140. The molecule has 0 bridgehead atoms. The van der Waals surface area contributed by atoms with Crippen LogP contribution in [0.25, 0.3) is 0 Å². The monoisotopic (exact) mass is 355 g/mol. The molecule has 0 atom stereocenters. The van der Waals surface area contributed by atoms with E-state index in [0.29, 0.717) is 0 Å². The fraction of sp³-hybridized carbons (Fsp3) is 0.500. The largest absolute Gasteiger partial charge is 0.356 e. The molecule has 0 saturated carbocycles. The van der Waals surface area contributed by atoms with Crippen LogP contribution in [-0.2, 0) is 18.3 Å². The highest BCUT2D eigenvalue weighted by Crippen LogP contribution is 2.28. The van der Waals surface area contributed by atoms with Gasteiger partial charge in [0.25, 0.3) is 0 Å². The average molecular weight is 355 g/mol. The summed E-state index contributed by atoms with van der Waals surface area (Å²) < 4.78 is 1.78. The highest BCUT2D eigenvalue weighted by molar-refractivity contribution is 5.89. The van der Waals surface area contributed by atoms with Crippen LogP contribution in [0.15, 0.2) is 42.6 Å². The number of aromatic nitrogens is 2. The molecule has 1 amide bonds. The number of piperidine rings is 1. The van der Waals surface area contributed by atoms with Crippen LogP contribution >= 0.6 is 0 Å². The van der Waals surface area contributed by atoms with Crippen LogP contribution in [0.4, 0.5) is 5.82 Å². The number of amides is 1. The average Bonchev–Trinajstić information content (AvgIpc) is 3.05. The van der Waals surface area contributed by atoms with Crippen LogP contribution in [0, 0.1) is 0 Å². The maximum atomic E-state index is 13.0. The number of carbonyl (C=O) groups is 1. The molecular formula is C20H29N5O. The Hall–Kier alpha value is -2.34. The van der Waals surface area contributed by atoms with Gasteiger partial charge in [0.2, 0.25) is 5.91 Å². The Morgan fingerprint density at radius 1 is 1.19 bits per heavy atom. The predicted octanol–water partition coefficient (Wildman–Crippen LogP) is 2.00. The van der Waals surface area contributed by atoms with Crippen LogP contribution < -0.4 is 5.32 Å². The van der Waals surface area contributed by atoms with Gasteiger partial charge in [-0.25, -0.2) is 0 Å². The lowest BCUT2D eigenvalue weighted by Crippen LogP contribution is -2.58. The zero-order chi connectivity index (χ0) is 18.6. The molecule has 2 heterocycles. The van der Waals surface area contributed by atoms with Gasteiger partial charge < -0.3 is 15.1 Å². The fourth-order valence-electron chi connectivity index (χ4n) is 3.65. The Labute approximate surface area is 155 Å². The number of carbonyl (C=O) groups excluding carboxylic acids is 1. The van der Waals surface area contributed by atoms with Gasteiger partial charge in [-0.2, -0.15) is 5.10 Å². The summed E-state index contributed by atoms with van der Waals surface area (Å²) in [6, 6.07) is 12.5. The standard InChI is InChI=1S/C20H29N5O/c1-23(2)19(26)20(22-18-9-13-21-24(18)3)11-15-25(16-12-20)14-10-17-7-5-4-6-8-17/h4-9,13,22H,10-12,14-16H2,1-3H3. The van der Waals surface area contributed by atoms with Gasteiger partial charge in [0, 0.05) is 46.8 Å². The molecule has 6 heteroatoms. The van der Waals surface area contributed by atoms with Gasteiger partial charge in [0.05, 0.1) is 6.20 Å². The molecule has 1 saturated heterocycles. The van der Waals surface area contributed by atoms with Gasteiger partial charge in [-0.05, 0) is 24.8 Å². The first-order chi connectivity index (χ1) is 12.5. The van der Waals surface area contributed by atoms with E-state index in [1.54, 1.807) is 15.8 Å². The van der Waals surface area contributed by atoms with Gasteiger partial charge in [0.1, 0.15) is 11.4 Å². The molecule has 1 aliphatic rings. The number of hydrogen-bond donors (Lipinski definition) is 1. The normalized spacial score (nSPS) is 17.0. The molecule has 140 valence electrons. The summed E-state index contributed by atoms with van der Waals surface area (Å²) in [5.41, 5.74) is 0.808. The molecule has 6 nitrogen and oxygen atoms in total. The predicted molar refractivity (Wildman–Crippen MR) is 104 cm³/mol. The maximum Gasteiger partial charge on any atom is 0.247 e. The second kappa shape index (κ2) is 7.91. The molecule has 2 aromatic rings. The quantitative estimate of drug-likeness (QED) is 0.861. The van der Waals surface area contributed by atoms with E-state index in [2.05, 4.69) is 45.6 Å². The minimum atomic E-state index is -0.555. The van der Waals surface area contributed by atoms with Crippen LogP contribution in [0.2, 0.25) is 0 Å². The molecule has 0 unspecified atom stereocenters. The van der Waals surface area contributed by atoms with E-state index in [9.17, 15) is 4.79 Å². The Balaban J connectivity index is 1.65. The van der Waals surface area contributed by atoms with Crippen molar-refractivity contribution in [1.82, 2.24) is 19.6 Å². The van der Waals surface area contributed by atoms with Gasteiger partial charge >= 0.3 is 0 Å². The summed E-state index contributed by atoms with van der Waals surface area (Å²) >= 11 is 0. The van der Waals surface area contributed by atoms with Crippen molar-refractivity contribution in [1.29, 1.82) is 0 Å². The van der Waals surface area contributed by atoms with Crippen molar-refractivity contribution < 1.29 is 4.79 Å². The lowest BCUT2D eigenvalue weighted by molar-refractivity contribution is -0.135. The SMILES string of the molecule is CN(C)C(=O)C1(Nc2ccnn2C)CCN(CCc2ccccc2)CC1. The second-order valence-electron chi connectivity index (χ2n) is 7.32. The van der Waals surface area contributed by atoms with E-state index >= 15 is 0 Å². The Morgan fingerprint density at radius 2 is 1.88 bits per heavy atom. The number of anilines is 1. The highest BCUT2D eigenvalue weighted by atomic mass is 16.2. The van der Waals surface area contributed by atoms with E-state index in [1.807, 2.05) is 27.2 Å². The molecule has 1 aromatic heterocycles. The topological polar surface area (TPSA) is 53.4 Å². The van der Waals surface area contributed by atoms with Crippen LogP contribution in [0.1, 0.15) is 18.4 Å². The van der Waals surface area contributed by atoms with Crippen molar-refractivity contribution in [2.45, 2.75) is 24.8 Å². The molecule has 0 spiro atoms. The number of rotatable bonds is 6. The third-order valence-corrected chi connectivity index (χ3v) is 5.27. The van der Waals surface area contributed by atoms with Crippen molar-refractivity contribution >= 4 is 11.7 Å². The summed E-state index contributed by atoms with van der Waals surface area (Å²) in [4.78, 5) is 17.1. The summed E-state index contributed by atoms with van der Waals surface area (Å²) in [5, 5.41) is 7.71. The van der Waals surface area contributed by atoms with E-state index in [1.165, 1.54) is 5.56 Å². The van der Waals surface area contributed by atoms with Crippen molar-refractivity contribution in [3.63, 3.8) is 0 Å². The maximum absolute atomic E-state index is 13.0. The van der Waals surface area contributed by atoms with Crippen LogP contribution in [-0.4, -0.2) is 64.8 Å². The number of nitrogens with one attached hydrogen (secondary N) is 1. The van der Waals surface area contributed by atoms with Crippen molar-refractivity contribution in [2.24, 2.45) is 7.05 Å². The van der Waals surface area contributed by atoms with Gasteiger partial charge in [-0.15, -0.1) is 0 Å². The summed E-state index contributed by atoms with van der Waals surface area (Å²) in [6.45, 7) is 2.86. The summed E-state index contributed by atoms with van der Waals surface area (Å²) in [7, 11) is 5.55. The number of likely N-dealkylation sites (tertiary alicyclic amines) is 1. The molecule has 1 aromatic carbocycles.